The molecule has 0 aliphatic carbocycles. The molecule has 152 valence electrons. The van der Waals surface area contributed by atoms with E-state index in [0.29, 0.717) is 18.1 Å². The normalized spacial score (nSPS) is 16.9. The van der Waals surface area contributed by atoms with Crippen LogP contribution in [-0.2, 0) is 9.53 Å². The number of nitrogens with one attached hydrogen (secondary N) is 1. The van der Waals surface area contributed by atoms with Gasteiger partial charge in [-0.3, -0.25) is 9.89 Å². The number of aliphatic hydroxyl groups is 1. The van der Waals surface area contributed by atoms with Crippen molar-refractivity contribution in [3.05, 3.63) is 28.9 Å². The van der Waals surface area contributed by atoms with Crippen molar-refractivity contribution in [2.45, 2.75) is 32.8 Å². The van der Waals surface area contributed by atoms with Crippen LogP contribution in [0.3, 0.4) is 0 Å². The number of hydrogen-bond donors (Lipinski definition) is 3. The van der Waals surface area contributed by atoms with E-state index in [4.69, 9.17) is 17.3 Å². The molecule has 0 spiro atoms. The molecule has 0 bridgehead atoms. The number of halogens is 1. The average Bonchev–Trinajstić information content (AvgIpc) is 3.13. The van der Waals surface area contributed by atoms with Gasteiger partial charge in [-0.1, -0.05) is 25.4 Å². The second-order valence-corrected chi connectivity index (χ2v) is 8.25. The first-order chi connectivity index (χ1) is 13.2. The van der Waals surface area contributed by atoms with E-state index < -0.39 is 17.6 Å². The highest BCUT2D eigenvalue weighted by molar-refractivity contribution is 6.31. The van der Waals surface area contributed by atoms with Gasteiger partial charge in [-0.15, -0.1) is 0 Å². The Hall–Kier alpha value is -2.32. The molecule has 3 rings (SSSR count). The number of carbonyl (C=O) groups is 2. The Kier molecular flexibility index (Phi) is 5.81. The number of nitrogens with two attached hydrogens (primary N) is 1. The zero-order chi connectivity index (χ0) is 20.5. The van der Waals surface area contributed by atoms with Crippen LogP contribution < -0.4 is 5.73 Å². The molecule has 28 heavy (non-hydrogen) atoms. The molecule has 2 aromatic rings. The Morgan fingerprint density at radius 1 is 1.43 bits per heavy atom. The molecule has 1 aromatic heterocycles. The van der Waals surface area contributed by atoms with E-state index in [-0.39, 0.29) is 18.4 Å². The zero-order valence-corrected chi connectivity index (χ0v) is 16.7. The minimum Gasteiger partial charge on any atom is -0.440 e. The minimum atomic E-state index is -0.959. The molecule has 8 nitrogen and oxygen atoms in total. The molecule has 1 aliphatic heterocycles. The third-order valence-corrected chi connectivity index (χ3v) is 6.00. The first-order valence-electron chi connectivity index (χ1n) is 9.20. The summed E-state index contributed by atoms with van der Waals surface area (Å²) in [5.74, 6) is -0.0647. The van der Waals surface area contributed by atoms with Gasteiger partial charge in [0.15, 0.2) is 6.61 Å². The van der Waals surface area contributed by atoms with Crippen LogP contribution in [0.15, 0.2) is 18.3 Å². The standard InChI is InChI=1S/C19H25ClN4O4/c1-19(2,12-3-5-24(6-4-12)15(25)10-28-18(21)27)17(26)14-8-13(20)7-11-9-22-23-16(11)14/h7-9,12,17,26H,3-6,10H2,1-2H3,(H2,21,27)(H,22,23)/t17-/m1/s1. The van der Waals surface area contributed by atoms with Gasteiger partial charge in [0.1, 0.15) is 0 Å². The maximum absolute atomic E-state index is 12.1. The fraction of sp³-hybridized carbons (Fsp3) is 0.526. The van der Waals surface area contributed by atoms with Crippen molar-refractivity contribution in [3.63, 3.8) is 0 Å². The lowest BCUT2D eigenvalue weighted by Gasteiger charge is -2.43. The van der Waals surface area contributed by atoms with Crippen LogP contribution >= 0.6 is 11.6 Å². The van der Waals surface area contributed by atoms with Gasteiger partial charge < -0.3 is 20.5 Å². The topological polar surface area (TPSA) is 122 Å². The number of rotatable bonds is 5. The molecule has 0 unspecified atom stereocenters. The zero-order valence-electron chi connectivity index (χ0n) is 15.9. The van der Waals surface area contributed by atoms with Gasteiger partial charge in [0.2, 0.25) is 0 Å². The molecule has 4 N–H and O–H groups in total. The predicted octanol–water partition coefficient (Wildman–Crippen LogP) is 2.61. The number of aliphatic hydroxyl groups excluding tert-OH is 1. The van der Waals surface area contributed by atoms with Crippen molar-refractivity contribution in [2.24, 2.45) is 17.1 Å². The fourth-order valence-corrected chi connectivity index (χ4v) is 4.22. The van der Waals surface area contributed by atoms with Crippen LogP contribution in [-0.4, -0.2) is 51.9 Å². The van der Waals surface area contributed by atoms with E-state index in [1.807, 2.05) is 19.9 Å². The van der Waals surface area contributed by atoms with Gasteiger partial charge in [-0.25, -0.2) is 4.79 Å². The predicted molar refractivity (Wildman–Crippen MR) is 105 cm³/mol. The number of hydrogen-bond acceptors (Lipinski definition) is 5. The summed E-state index contributed by atoms with van der Waals surface area (Å²) >= 11 is 6.22. The number of carbonyl (C=O) groups excluding carboxylic acids is 2. The van der Waals surface area contributed by atoms with Crippen LogP contribution in [0.2, 0.25) is 5.02 Å². The Morgan fingerprint density at radius 3 is 2.75 bits per heavy atom. The summed E-state index contributed by atoms with van der Waals surface area (Å²) in [4.78, 5) is 24.4. The number of H-pyrrole nitrogens is 1. The maximum Gasteiger partial charge on any atom is 0.405 e. The summed E-state index contributed by atoms with van der Waals surface area (Å²) in [5, 5.41) is 19.6. The molecule has 0 radical (unpaired) electrons. The number of likely N-dealkylation sites (tertiary alicyclic amines) is 1. The number of piperidine rings is 1. The summed E-state index contributed by atoms with van der Waals surface area (Å²) in [7, 11) is 0. The van der Waals surface area contributed by atoms with Gasteiger partial charge in [-0.2, -0.15) is 5.10 Å². The number of amides is 2. The first-order valence-corrected chi connectivity index (χ1v) is 9.58. The molecular formula is C19H25ClN4O4. The monoisotopic (exact) mass is 408 g/mol. The maximum atomic E-state index is 12.1. The smallest absolute Gasteiger partial charge is 0.405 e. The van der Waals surface area contributed by atoms with Crippen molar-refractivity contribution in [2.75, 3.05) is 19.7 Å². The van der Waals surface area contributed by atoms with Crippen LogP contribution in [0.5, 0.6) is 0 Å². The van der Waals surface area contributed by atoms with E-state index in [2.05, 4.69) is 14.9 Å². The third kappa shape index (κ3) is 4.07. The number of aromatic nitrogens is 2. The van der Waals surface area contributed by atoms with Crippen LogP contribution in [0.25, 0.3) is 10.9 Å². The molecule has 1 atom stereocenters. The summed E-state index contributed by atoms with van der Waals surface area (Å²) in [6.45, 7) is 4.79. The largest absolute Gasteiger partial charge is 0.440 e. The lowest BCUT2D eigenvalue weighted by Crippen LogP contribution is -2.45. The fourth-order valence-electron chi connectivity index (χ4n) is 3.98. The van der Waals surface area contributed by atoms with E-state index in [0.717, 1.165) is 29.3 Å². The van der Waals surface area contributed by atoms with E-state index in [9.17, 15) is 14.7 Å². The number of benzene rings is 1. The summed E-state index contributed by atoms with van der Waals surface area (Å²) in [5.41, 5.74) is 5.96. The molecular weight excluding hydrogens is 384 g/mol. The SMILES string of the molecule is CC(C)(C1CCN(C(=O)COC(N)=O)CC1)[C@H](O)c1cc(Cl)cc2cn[nH]c12. The highest BCUT2D eigenvalue weighted by Gasteiger charge is 2.40. The molecule has 2 heterocycles. The third-order valence-electron chi connectivity index (χ3n) is 5.78. The summed E-state index contributed by atoms with van der Waals surface area (Å²) in [6, 6.07) is 3.58. The Bertz CT molecular complexity index is 874. The number of aromatic amines is 1. The van der Waals surface area contributed by atoms with Gasteiger partial charge >= 0.3 is 6.09 Å². The van der Waals surface area contributed by atoms with Crippen molar-refractivity contribution >= 4 is 34.5 Å². The number of nitrogens with zero attached hydrogens (tertiary/aromatic N) is 2. The van der Waals surface area contributed by atoms with E-state index in [1.165, 1.54) is 0 Å². The lowest BCUT2D eigenvalue weighted by molar-refractivity contribution is -0.136. The van der Waals surface area contributed by atoms with Gasteiger partial charge in [0, 0.05) is 29.1 Å². The van der Waals surface area contributed by atoms with Gasteiger partial charge in [0.25, 0.3) is 5.91 Å². The molecule has 1 saturated heterocycles. The Labute approximate surface area is 168 Å². The Balaban J connectivity index is 1.70. The second-order valence-electron chi connectivity index (χ2n) is 7.82. The molecule has 1 aliphatic rings. The van der Waals surface area contributed by atoms with E-state index in [1.54, 1.807) is 17.2 Å². The van der Waals surface area contributed by atoms with Gasteiger partial charge in [-0.05, 0) is 36.3 Å². The number of fused-ring (bicyclic) bond motifs is 1. The number of primary amides is 1. The molecule has 2 amide bonds. The second kappa shape index (κ2) is 7.97. The van der Waals surface area contributed by atoms with Crippen LogP contribution in [0.4, 0.5) is 4.79 Å². The summed E-state index contributed by atoms with van der Waals surface area (Å²) in [6.07, 6.45) is 1.44. The van der Waals surface area contributed by atoms with E-state index >= 15 is 0 Å². The lowest BCUT2D eigenvalue weighted by atomic mass is 9.68. The molecule has 9 heteroatoms. The van der Waals surface area contributed by atoms with Crippen molar-refractivity contribution in [1.82, 2.24) is 15.1 Å². The quantitative estimate of drug-likeness (QED) is 0.702. The average molecular weight is 409 g/mol. The van der Waals surface area contributed by atoms with Crippen LogP contribution in [0.1, 0.15) is 38.4 Å². The summed E-state index contributed by atoms with van der Waals surface area (Å²) < 4.78 is 4.58. The molecule has 1 aromatic carbocycles. The van der Waals surface area contributed by atoms with Crippen molar-refractivity contribution < 1.29 is 19.4 Å². The minimum absolute atomic E-state index is 0.195. The molecule has 1 fully saturated rings. The molecule has 0 saturated carbocycles. The van der Waals surface area contributed by atoms with Crippen molar-refractivity contribution in [1.29, 1.82) is 0 Å². The highest BCUT2D eigenvalue weighted by Crippen LogP contribution is 2.46. The van der Waals surface area contributed by atoms with Gasteiger partial charge in [0.05, 0.1) is 17.8 Å². The number of ether oxygens (including phenoxy) is 1. The van der Waals surface area contributed by atoms with Crippen molar-refractivity contribution in [3.8, 4) is 0 Å². The Morgan fingerprint density at radius 2 is 2.11 bits per heavy atom. The first kappa shape index (κ1) is 20.4. The van der Waals surface area contributed by atoms with Crippen LogP contribution in [0, 0.1) is 11.3 Å². The highest BCUT2D eigenvalue weighted by atomic mass is 35.5.